The lowest BCUT2D eigenvalue weighted by molar-refractivity contribution is 0.0601. The Hall–Kier alpha value is -5.23. The fourth-order valence-electron chi connectivity index (χ4n) is 4.95. The second-order valence-corrected chi connectivity index (χ2v) is 9.72. The highest BCUT2D eigenvalue weighted by molar-refractivity contribution is 5.93. The number of aromatic amines is 1. The Bertz CT molecular complexity index is 1830. The minimum Gasteiger partial charge on any atom is -0.493 e. The molecule has 204 valence electrons. The van der Waals surface area contributed by atoms with Gasteiger partial charge in [0.1, 0.15) is 24.0 Å². The third kappa shape index (κ3) is 5.45. The number of rotatable bonds is 3. The number of pyridine rings is 1. The van der Waals surface area contributed by atoms with E-state index in [0.29, 0.717) is 75.9 Å². The van der Waals surface area contributed by atoms with Gasteiger partial charge in [-0.05, 0) is 72.5 Å². The van der Waals surface area contributed by atoms with E-state index in [9.17, 15) is 10.1 Å². The number of nitriles is 1. The molecule has 0 spiro atoms. The number of imidazole rings is 1. The highest BCUT2D eigenvalue weighted by Gasteiger charge is 2.18. The van der Waals surface area contributed by atoms with E-state index < -0.39 is 11.8 Å². The Kier molecular flexibility index (Phi) is 7.04. The smallest absolute Gasteiger partial charge is 0.337 e. The highest BCUT2D eigenvalue weighted by atomic mass is 19.1. The average Bonchev–Trinajstić information content (AvgIpc) is 3.40. The lowest BCUT2D eigenvalue weighted by Gasteiger charge is -2.16. The number of ether oxygens (including phenoxy) is 3. The number of nitrogens with one attached hydrogen (secondary N) is 1. The maximum atomic E-state index is 15.5. The Morgan fingerprint density at radius 3 is 2.83 bits per heavy atom. The Morgan fingerprint density at radius 2 is 1.98 bits per heavy atom. The number of nitrogens with zero attached hydrogens (tertiary/aromatic N) is 3. The van der Waals surface area contributed by atoms with Crippen molar-refractivity contribution in [2.24, 2.45) is 0 Å². The van der Waals surface area contributed by atoms with Crippen LogP contribution in [0.5, 0.6) is 11.6 Å². The van der Waals surface area contributed by atoms with Gasteiger partial charge in [0, 0.05) is 23.6 Å². The molecule has 1 N–H and O–H groups in total. The molecule has 0 radical (unpaired) electrons. The molecule has 8 nitrogen and oxygen atoms in total. The Balaban J connectivity index is 1.36. The zero-order valence-corrected chi connectivity index (χ0v) is 22.2. The van der Waals surface area contributed by atoms with Gasteiger partial charge in [-0.2, -0.15) is 5.26 Å². The molecule has 0 fully saturated rings. The zero-order chi connectivity index (χ0) is 28.3. The van der Waals surface area contributed by atoms with Crippen molar-refractivity contribution in [1.82, 2.24) is 15.0 Å². The number of hydrogen-bond acceptors (Lipinski definition) is 7. The topological polar surface area (TPSA) is 110 Å². The molecule has 41 heavy (non-hydrogen) atoms. The van der Waals surface area contributed by atoms with E-state index in [4.69, 9.17) is 14.2 Å². The molecular formula is C32H25FN4O4. The normalized spacial score (nSPS) is 12.8. The quantitative estimate of drug-likeness (QED) is 0.279. The van der Waals surface area contributed by atoms with Gasteiger partial charge in [0.2, 0.25) is 5.88 Å². The first-order valence-corrected chi connectivity index (χ1v) is 13.1. The van der Waals surface area contributed by atoms with Gasteiger partial charge in [-0.1, -0.05) is 12.1 Å². The van der Waals surface area contributed by atoms with E-state index in [-0.39, 0.29) is 13.0 Å². The van der Waals surface area contributed by atoms with Crippen LogP contribution in [0.2, 0.25) is 0 Å². The SMILES string of the molecule is COC(=O)c1ccc2nc(Cc3cc(F)c4cc3OCCCc3cc(C#N)ccc3COc3cccc-4n3)[nH]c2c1. The van der Waals surface area contributed by atoms with Crippen LogP contribution in [0.15, 0.2) is 66.7 Å². The van der Waals surface area contributed by atoms with Crippen LogP contribution in [-0.2, 0) is 24.2 Å². The molecule has 1 aliphatic rings. The summed E-state index contributed by atoms with van der Waals surface area (Å²) in [5, 5.41) is 9.38. The zero-order valence-electron chi connectivity index (χ0n) is 22.2. The van der Waals surface area contributed by atoms with E-state index >= 15 is 4.39 Å². The number of hydrogen-bond donors (Lipinski definition) is 1. The minimum atomic E-state index is -0.442. The van der Waals surface area contributed by atoms with Crippen molar-refractivity contribution in [3.63, 3.8) is 0 Å². The van der Waals surface area contributed by atoms with Gasteiger partial charge in [-0.15, -0.1) is 0 Å². The summed E-state index contributed by atoms with van der Waals surface area (Å²) in [5.41, 5.74) is 5.65. The number of carbonyl (C=O) groups is 1. The maximum absolute atomic E-state index is 15.5. The van der Waals surface area contributed by atoms with Gasteiger partial charge in [-0.3, -0.25) is 0 Å². The summed E-state index contributed by atoms with van der Waals surface area (Å²) in [7, 11) is 1.33. The van der Waals surface area contributed by atoms with Gasteiger partial charge in [0.25, 0.3) is 0 Å². The van der Waals surface area contributed by atoms with Crippen molar-refractivity contribution in [3.05, 3.63) is 106 Å². The summed E-state index contributed by atoms with van der Waals surface area (Å²) in [6.45, 7) is 0.662. The molecular weight excluding hydrogens is 523 g/mol. The predicted molar refractivity (Wildman–Crippen MR) is 149 cm³/mol. The number of aryl methyl sites for hydroxylation is 1. The molecule has 3 aromatic carbocycles. The lowest BCUT2D eigenvalue weighted by atomic mass is 10.0. The first-order valence-electron chi connectivity index (χ1n) is 13.1. The molecule has 0 unspecified atom stereocenters. The number of halogens is 1. The van der Waals surface area contributed by atoms with Crippen LogP contribution in [-0.4, -0.2) is 34.6 Å². The molecule has 3 heterocycles. The summed E-state index contributed by atoms with van der Waals surface area (Å²) in [6.07, 6.45) is 1.63. The van der Waals surface area contributed by atoms with E-state index in [2.05, 4.69) is 21.0 Å². The van der Waals surface area contributed by atoms with Crippen molar-refractivity contribution in [2.75, 3.05) is 13.7 Å². The van der Waals surface area contributed by atoms with Crippen LogP contribution in [0.3, 0.4) is 0 Å². The molecule has 0 saturated carbocycles. The van der Waals surface area contributed by atoms with Crippen molar-refractivity contribution in [2.45, 2.75) is 25.9 Å². The standard InChI is InChI=1S/C32H25FN4O4/c1-39-32(38)21-9-10-27-28(14-21)36-30(35-27)15-23-13-25(33)24-16-29(23)40-11-3-4-20-12-19(17-34)7-8-22(20)18-41-31-6-2-5-26(24)37-31/h2,5-10,12-14,16H,3-4,11,15,18H2,1H3,(H,35,36). The lowest BCUT2D eigenvalue weighted by Crippen LogP contribution is -2.07. The predicted octanol–water partition coefficient (Wildman–Crippen LogP) is 5.92. The van der Waals surface area contributed by atoms with Gasteiger partial charge < -0.3 is 19.2 Å². The number of fused-ring (bicyclic) bond motifs is 7. The second-order valence-electron chi connectivity index (χ2n) is 9.72. The molecule has 0 saturated heterocycles. The highest BCUT2D eigenvalue weighted by Crippen LogP contribution is 2.32. The number of H-pyrrole nitrogens is 1. The Labute approximate surface area is 235 Å². The molecule has 6 rings (SSSR count). The summed E-state index contributed by atoms with van der Waals surface area (Å²) in [4.78, 5) is 24.3. The van der Waals surface area contributed by atoms with Crippen LogP contribution in [0, 0.1) is 17.1 Å². The van der Waals surface area contributed by atoms with Gasteiger partial charge in [0.15, 0.2) is 0 Å². The van der Waals surface area contributed by atoms with E-state index in [1.165, 1.54) is 13.2 Å². The second kappa shape index (κ2) is 11.1. The molecule has 0 aliphatic carbocycles. The summed E-state index contributed by atoms with van der Waals surface area (Å²) < 4.78 is 32.6. The number of methoxy groups -OCH3 is 1. The maximum Gasteiger partial charge on any atom is 0.337 e. The number of esters is 1. The van der Waals surface area contributed by atoms with Gasteiger partial charge in [0.05, 0.1) is 47.6 Å². The molecule has 1 aliphatic heterocycles. The number of aromatic nitrogens is 3. The van der Waals surface area contributed by atoms with Crippen molar-refractivity contribution < 1.29 is 23.4 Å². The van der Waals surface area contributed by atoms with Crippen molar-refractivity contribution >= 4 is 17.0 Å². The first-order chi connectivity index (χ1) is 20.0. The van der Waals surface area contributed by atoms with E-state index in [1.54, 1.807) is 48.5 Å². The average molecular weight is 549 g/mol. The molecule has 0 atom stereocenters. The van der Waals surface area contributed by atoms with Crippen LogP contribution in [0.25, 0.3) is 22.3 Å². The third-order valence-electron chi connectivity index (χ3n) is 7.02. The summed E-state index contributed by atoms with van der Waals surface area (Å²) >= 11 is 0. The van der Waals surface area contributed by atoms with Crippen LogP contribution < -0.4 is 9.47 Å². The molecule has 0 amide bonds. The van der Waals surface area contributed by atoms with Crippen LogP contribution in [0.4, 0.5) is 4.39 Å². The number of carbonyl (C=O) groups excluding carboxylic acids is 1. The van der Waals surface area contributed by atoms with Crippen molar-refractivity contribution in [1.29, 1.82) is 5.26 Å². The van der Waals surface area contributed by atoms with Gasteiger partial charge >= 0.3 is 5.97 Å². The first kappa shape index (κ1) is 26.0. The third-order valence-corrected chi connectivity index (χ3v) is 7.02. The van der Waals surface area contributed by atoms with Gasteiger partial charge in [-0.25, -0.2) is 19.2 Å². The largest absolute Gasteiger partial charge is 0.493 e. The molecule has 5 aromatic rings. The monoisotopic (exact) mass is 548 g/mol. The fraction of sp³-hybridized carbons (Fsp3) is 0.188. The number of benzene rings is 3. The van der Waals surface area contributed by atoms with E-state index in [0.717, 1.165) is 11.1 Å². The summed E-state index contributed by atoms with van der Waals surface area (Å²) in [6, 6.07) is 21.2. The molecule has 2 aromatic heterocycles. The van der Waals surface area contributed by atoms with E-state index in [1.807, 2.05) is 12.1 Å². The molecule has 9 heteroatoms. The molecule has 4 bridgehead atoms. The minimum absolute atomic E-state index is 0.277. The van der Waals surface area contributed by atoms with Crippen LogP contribution >= 0.6 is 0 Å². The van der Waals surface area contributed by atoms with Crippen LogP contribution in [0.1, 0.15) is 44.9 Å². The summed E-state index contributed by atoms with van der Waals surface area (Å²) in [5.74, 6) is 0.607. The Morgan fingerprint density at radius 1 is 1.07 bits per heavy atom. The fourth-order valence-corrected chi connectivity index (χ4v) is 4.95. The van der Waals surface area contributed by atoms with Crippen molar-refractivity contribution in [3.8, 4) is 29.0 Å².